The van der Waals surface area contributed by atoms with E-state index in [2.05, 4.69) is 10.1 Å². The number of hydrogen-bond donors (Lipinski definition) is 2. The molecule has 0 atom stereocenters. The topological polar surface area (TPSA) is 64.3 Å². The molecule has 0 aliphatic carbocycles. The Morgan fingerprint density at radius 3 is 2.65 bits per heavy atom. The fraction of sp³-hybridized carbons (Fsp3) is 0.300. The molecular formula is C10H11F3N2O2. The van der Waals surface area contributed by atoms with Crippen molar-refractivity contribution in [1.82, 2.24) is 5.32 Å². The quantitative estimate of drug-likeness (QED) is 0.803. The molecule has 4 nitrogen and oxygen atoms in total. The van der Waals surface area contributed by atoms with E-state index in [9.17, 15) is 18.0 Å². The number of para-hydroxylation sites is 1. The molecule has 1 rings (SSSR count). The van der Waals surface area contributed by atoms with Crippen LogP contribution in [0.25, 0.3) is 0 Å². The molecule has 17 heavy (non-hydrogen) atoms. The minimum absolute atomic E-state index is 0.0476. The first-order valence-electron chi connectivity index (χ1n) is 4.77. The predicted octanol–water partition coefficient (Wildman–Crippen LogP) is 1.92. The van der Waals surface area contributed by atoms with Gasteiger partial charge in [0.25, 0.3) is 5.91 Å². The highest BCUT2D eigenvalue weighted by Gasteiger charge is 2.32. The lowest BCUT2D eigenvalue weighted by Gasteiger charge is -2.13. The van der Waals surface area contributed by atoms with Crippen LogP contribution in [0.5, 0.6) is 5.75 Å². The van der Waals surface area contributed by atoms with Crippen molar-refractivity contribution in [1.29, 1.82) is 0 Å². The van der Waals surface area contributed by atoms with Gasteiger partial charge in [0.1, 0.15) is 0 Å². The second-order valence-electron chi connectivity index (χ2n) is 3.12. The summed E-state index contributed by atoms with van der Waals surface area (Å²) in [6.07, 6.45) is -4.84. The third kappa shape index (κ3) is 3.54. The minimum Gasteiger partial charge on any atom is -0.404 e. The number of benzene rings is 1. The van der Waals surface area contributed by atoms with Crippen molar-refractivity contribution < 1.29 is 22.7 Å². The van der Waals surface area contributed by atoms with Gasteiger partial charge >= 0.3 is 6.36 Å². The van der Waals surface area contributed by atoms with Crippen molar-refractivity contribution >= 4 is 11.6 Å². The summed E-state index contributed by atoms with van der Waals surface area (Å²) < 4.78 is 39.8. The van der Waals surface area contributed by atoms with E-state index in [0.29, 0.717) is 6.54 Å². The molecule has 7 heteroatoms. The fourth-order valence-electron chi connectivity index (χ4n) is 1.21. The SMILES string of the molecule is CCNC(=O)c1cccc(OC(F)(F)F)c1N. The highest BCUT2D eigenvalue weighted by atomic mass is 19.4. The van der Waals surface area contributed by atoms with Gasteiger partial charge in [-0.05, 0) is 19.1 Å². The standard InChI is InChI=1S/C10H11F3N2O2/c1-2-15-9(16)6-4-3-5-7(8(6)14)17-10(11,12)13/h3-5H,2,14H2,1H3,(H,15,16). The summed E-state index contributed by atoms with van der Waals surface area (Å²) in [5, 5.41) is 2.44. The molecule has 94 valence electrons. The summed E-state index contributed by atoms with van der Waals surface area (Å²) in [5.74, 6) is -1.13. The van der Waals surface area contributed by atoms with Gasteiger partial charge in [0.15, 0.2) is 5.75 Å². The number of nitrogens with one attached hydrogen (secondary N) is 1. The number of ether oxygens (including phenoxy) is 1. The van der Waals surface area contributed by atoms with Crippen LogP contribution >= 0.6 is 0 Å². The number of nitrogens with two attached hydrogens (primary N) is 1. The second-order valence-corrected chi connectivity index (χ2v) is 3.12. The van der Waals surface area contributed by atoms with Gasteiger partial charge in [-0.25, -0.2) is 0 Å². The van der Waals surface area contributed by atoms with Crippen LogP contribution in [0, 0.1) is 0 Å². The molecular weight excluding hydrogens is 237 g/mol. The zero-order valence-corrected chi connectivity index (χ0v) is 8.97. The first-order valence-corrected chi connectivity index (χ1v) is 4.77. The third-order valence-electron chi connectivity index (χ3n) is 1.87. The maximum atomic E-state index is 12.0. The van der Waals surface area contributed by atoms with Crippen molar-refractivity contribution in [3.05, 3.63) is 23.8 Å². The van der Waals surface area contributed by atoms with Gasteiger partial charge in [0, 0.05) is 6.54 Å². The lowest BCUT2D eigenvalue weighted by molar-refractivity contribution is -0.274. The largest absolute Gasteiger partial charge is 0.573 e. The van der Waals surface area contributed by atoms with Crippen molar-refractivity contribution in [2.45, 2.75) is 13.3 Å². The summed E-state index contributed by atoms with van der Waals surface area (Å²) in [5.41, 5.74) is 5.05. The summed E-state index contributed by atoms with van der Waals surface area (Å²) in [7, 11) is 0. The van der Waals surface area contributed by atoms with Gasteiger partial charge in [-0.15, -0.1) is 13.2 Å². The molecule has 0 radical (unpaired) electrons. The van der Waals surface area contributed by atoms with Crippen LogP contribution in [-0.4, -0.2) is 18.8 Å². The Morgan fingerprint density at radius 2 is 2.12 bits per heavy atom. The van der Waals surface area contributed by atoms with Gasteiger partial charge in [-0.2, -0.15) is 0 Å². The molecule has 0 unspecified atom stereocenters. The number of nitrogen functional groups attached to an aromatic ring is 1. The number of carbonyl (C=O) groups excluding carboxylic acids is 1. The maximum Gasteiger partial charge on any atom is 0.573 e. The van der Waals surface area contributed by atoms with E-state index in [-0.39, 0.29) is 11.3 Å². The molecule has 0 heterocycles. The maximum absolute atomic E-state index is 12.0. The third-order valence-corrected chi connectivity index (χ3v) is 1.87. The molecule has 0 aliphatic heterocycles. The van der Waals surface area contributed by atoms with Gasteiger partial charge in [0.05, 0.1) is 11.3 Å². The van der Waals surface area contributed by atoms with Crippen LogP contribution < -0.4 is 15.8 Å². The van der Waals surface area contributed by atoms with E-state index in [1.807, 2.05) is 0 Å². The summed E-state index contributed by atoms with van der Waals surface area (Å²) in [4.78, 5) is 11.5. The number of rotatable bonds is 3. The molecule has 0 fully saturated rings. The van der Waals surface area contributed by atoms with Crippen molar-refractivity contribution in [2.24, 2.45) is 0 Å². The smallest absolute Gasteiger partial charge is 0.404 e. The van der Waals surface area contributed by atoms with E-state index in [1.165, 1.54) is 12.1 Å². The number of hydrogen-bond acceptors (Lipinski definition) is 3. The Labute approximate surface area is 95.6 Å². The molecule has 0 bridgehead atoms. The molecule has 0 saturated carbocycles. The molecule has 1 amide bonds. The Bertz CT molecular complexity index is 419. The van der Waals surface area contributed by atoms with Crippen LogP contribution in [0.1, 0.15) is 17.3 Å². The Balaban J connectivity index is 3.03. The van der Waals surface area contributed by atoms with Gasteiger partial charge < -0.3 is 15.8 Å². The highest BCUT2D eigenvalue weighted by molar-refractivity contribution is 6.00. The second kappa shape index (κ2) is 4.94. The summed E-state index contributed by atoms with van der Waals surface area (Å²) >= 11 is 0. The number of alkyl halides is 3. The van der Waals surface area contributed by atoms with Crippen molar-refractivity contribution in [3.63, 3.8) is 0 Å². The van der Waals surface area contributed by atoms with Crippen molar-refractivity contribution in [2.75, 3.05) is 12.3 Å². The predicted molar refractivity (Wildman–Crippen MR) is 55.5 cm³/mol. The Hall–Kier alpha value is -1.92. The van der Waals surface area contributed by atoms with E-state index in [4.69, 9.17) is 5.73 Å². The average Bonchev–Trinajstić information content (AvgIpc) is 2.19. The molecule has 0 aliphatic rings. The number of carbonyl (C=O) groups is 1. The first kappa shape index (κ1) is 13.1. The Kier molecular flexibility index (Phi) is 3.82. The number of amides is 1. The van der Waals surface area contributed by atoms with Crippen LogP contribution in [-0.2, 0) is 0 Å². The zero-order valence-electron chi connectivity index (χ0n) is 8.97. The average molecular weight is 248 g/mol. The first-order chi connectivity index (χ1) is 7.85. The molecule has 0 spiro atoms. The molecule has 1 aromatic rings. The molecule has 3 N–H and O–H groups in total. The van der Waals surface area contributed by atoms with Gasteiger partial charge in [-0.1, -0.05) is 6.07 Å². The van der Waals surface area contributed by atoms with E-state index in [1.54, 1.807) is 6.92 Å². The highest BCUT2D eigenvalue weighted by Crippen LogP contribution is 2.30. The molecule has 0 aromatic heterocycles. The zero-order chi connectivity index (χ0) is 13.1. The van der Waals surface area contributed by atoms with Crippen LogP contribution in [0.4, 0.5) is 18.9 Å². The summed E-state index contributed by atoms with van der Waals surface area (Å²) in [6, 6.07) is 3.64. The van der Waals surface area contributed by atoms with Crippen LogP contribution in [0.15, 0.2) is 18.2 Å². The number of anilines is 1. The molecule has 1 aromatic carbocycles. The van der Waals surface area contributed by atoms with E-state index < -0.39 is 18.0 Å². The van der Waals surface area contributed by atoms with Crippen LogP contribution in [0.2, 0.25) is 0 Å². The fourth-order valence-corrected chi connectivity index (χ4v) is 1.21. The summed E-state index contributed by atoms with van der Waals surface area (Å²) in [6.45, 7) is 2.03. The monoisotopic (exact) mass is 248 g/mol. The normalized spacial score (nSPS) is 11.1. The lowest BCUT2D eigenvalue weighted by atomic mass is 10.1. The van der Waals surface area contributed by atoms with Crippen LogP contribution in [0.3, 0.4) is 0 Å². The molecule has 0 saturated heterocycles. The van der Waals surface area contributed by atoms with Gasteiger partial charge in [0.2, 0.25) is 0 Å². The minimum atomic E-state index is -4.84. The lowest BCUT2D eigenvalue weighted by Crippen LogP contribution is -2.24. The van der Waals surface area contributed by atoms with Crippen molar-refractivity contribution in [3.8, 4) is 5.75 Å². The number of halogens is 3. The van der Waals surface area contributed by atoms with Gasteiger partial charge in [-0.3, -0.25) is 4.79 Å². The van der Waals surface area contributed by atoms with E-state index >= 15 is 0 Å². The van der Waals surface area contributed by atoms with E-state index in [0.717, 1.165) is 6.07 Å². The Morgan fingerprint density at radius 1 is 1.47 bits per heavy atom.